The van der Waals surface area contributed by atoms with Gasteiger partial charge >= 0.3 is 0 Å². The summed E-state index contributed by atoms with van der Waals surface area (Å²) in [5.74, 6) is 0.663. The predicted molar refractivity (Wildman–Crippen MR) is 127 cm³/mol. The molecular formula is C25H28N6O3. The van der Waals surface area contributed by atoms with Crippen LogP contribution in [0.1, 0.15) is 61.8 Å². The van der Waals surface area contributed by atoms with Crippen molar-refractivity contribution in [2.45, 2.75) is 57.1 Å². The summed E-state index contributed by atoms with van der Waals surface area (Å²) in [6, 6.07) is 7.60. The number of nitrogens with zero attached hydrogens (tertiary/aromatic N) is 5. The molecule has 2 aliphatic carbocycles. The third-order valence-corrected chi connectivity index (χ3v) is 7.51. The minimum atomic E-state index is -0.486. The van der Waals surface area contributed by atoms with Crippen molar-refractivity contribution in [3.8, 4) is 5.75 Å². The fourth-order valence-electron chi connectivity index (χ4n) is 6.10. The van der Waals surface area contributed by atoms with E-state index in [1.54, 1.807) is 30.1 Å². The molecule has 1 aromatic carbocycles. The van der Waals surface area contributed by atoms with Gasteiger partial charge in [0.2, 0.25) is 0 Å². The zero-order valence-electron chi connectivity index (χ0n) is 19.4. The zero-order valence-corrected chi connectivity index (χ0v) is 19.4. The third-order valence-electron chi connectivity index (χ3n) is 7.51. The smallest absolute Gasteiger partial charge is 0.260 e. The van der Waals surface area contributed by atoms with Crippen LogP contribution in [0.5, 0.6) is 5.75 Å². The van der Waals surface area contributed by atoms with Gasteiger partial charge < -0.3 is 15.2 Å². The number of carbonyl (C=O) groups excluding carboxylic acids is 1. The molecule has 1 amide bonds. The largest absolute Gasteiger partial charge is 0.496 e. The van der Waals surface area contributed by atoms with Crippen LogP contribution in [0.15, 0.2) is 42.9 Å². The van der Waals surface area contributed by atoms with Crippen LogP contribution in [0.25, 0.3) is 16.6 Å². The summed E-state index contributed by atoms with van der Waals surface area (Å²) in [6.07, 6.45) is 11.4. The molecule has 9 heteroatoms. The Bertz CT molecular complexity index is 1390. The van der Waals surface area contributed by atoms with E-state index in [2.05, 4.69) is 15.4 Å². The van der Waals surface area contributed by atoms with Crippen molar-refractivity contribution in [2.24, 2.45) is 5.41 Å². The first-order valence-corrected chi connectivity index (χ1v) is 11.7. The summed E-state index contributed by atoms with van der Waals surface area (Å²) in [5.41, 5.74) is 1.71. The van der Waals surface area contributed by atoms with Crippen LogP contribution >= 0.6 is 0 Å². The highest BCUT2D eigenvalue weighted by molar-refractivity contribution is 6.08. The molecule has 3 aromatic heterocycles. The summed E-state index contributed by atoms with van der Waals surface area (Å²) in [6.45, 7) is 1.94. The number of carbonyl (C=O) groups is 1. The van der Waals surface area contributed by atoms with E-state index in [9.17, 15) is 9.90 Å². The summed E-state index contributed by atoms with van der Waals surface area (Å²) in [7, 11) is 1.55. The minimum absolute atomic E-state index is 0.296. The van der Waals surface area contributed by atoms with Crippen molar-refractivity contribution >= 4 is 28.3 Å². The number of rotatable bonds is 4. The lowest BCUT2D eigenvalue weighted by Gasteiger charge is -2.55. The van der Waals surface area contributed by atoms with Gasteiger partial charge in [-0.2, -0.15) is 14.7 Å². The zero-order chi connectivity index (χ0) is 23.5. The number of amides is 1. The Balaban J connectivity index is 1.24. The molecule has 176 valence electrons. The van der Waals surface area contributed by atoms with Crippen LogP contribution in [0, 0.1) is 5.41 Å². The highest BCUT2D eigenvalue weighted by atomic mass is 16.5. The van der Waals surface area contributed by atoms with Crippen molar-refractivity contribution < 1.29 is 14.6 Å². The maximum atomic E-state index is 13.1. The number of anilines is 1. The van der Waals surface area contributed by atoms with E-state index in [1.807, 2.05) is 36.0 Å². The molecule has 0 aliphatic heterocycles. The quantitative estimate of drug-likeness (QED) is 0.477. The van der Waals surface area contributed by atoms with Crippen LogP contribution in [0.4, 0.5) is 5.82 Å². The molecule has 3 heterocycles. The standard InChI is InChI=1S/C25H28N6O3/c1-24(33)14-25(15-24)7-5-17(6-8-25)30-13-16-10-18(20(34-2)11-19(16)29-30)23(32)28-22-12-26-21-4-3-9-27-31(21)22/h3-4,9-13,17,33H,5-8,14-15H2,1-2H3,(H,28,32). The fourth-order valence-corrected chi connectivity index (χ4v) is 6.10. The topological polar surface area (TPSA) is 107 Å². The Kier molecular flexibility index (Phi) is 4.67. The number of nitrogens with one attached hydrogen (secondary N) is 1. The molecule has 9 nitrogen and oxygen atoms in total. The average molecular weight is 461 g/mol. The van der Waals surface area contributed by atoms with Gasteiger partial charge in [-0.1, -0.05) is 0 Å². The van der Waals surface area contributed by atoms with Gasteiger partial charge in [0.25, 0.3) is 5.91 Å². The number of ether oxygens (including phenoxy) is 1. The van der Waals surface area contributed by atoms with Gasteiger partial charge in [-0.25, -0.2) is 4.98 Å². The van der Waals surface area contributed by atoms with E-state index in [-0.39, 0.29) is 5.91 Å². The SMILES string of the molecule is COc1cc2nn(C3CCC4(CC3)CC(C)(O)C4)cc2cc1C(=O)Nc1cnc2cccnn12. The van der Waals surface area contributed by atoms with E-state index in [0.717, 1.165) is 49.4 Å². The molecule has 2 aliphatic rings. The van der Waals surface area contributed by atoms with E-state index in [4.69, 9.17) is 9.84 Å². The van der Waals surface area contributed by atoms with E-state index < -0.39 is 5.60 Å². The summed E-state index contributed by atoms with van der Waals surface area (Å²) in [4.78, 5) is 17.4. The number of fused-ring (bicyclic) bond motifs is 2. The monoisotopic (exact) mass is 460 g/mol. The number of aliphatic hydroxyl groups is 1. The first kappa shape index (κ1) is 21.1. The highest BCUT2D eigenvalue weighted by Gasteiger charge is 2.51. The molecule has 2 N–H and O–H groups in total. The van der Waals surface area contributed by atoms with Gasteiger partial charge in [0, 0.05) is 23.8 Å². The second-order valence-electron chi connectivity index (χ2n) is 10.2. The van der Waals surface area contributed by atoms with E-state index in [1.165, 1.54) is 0 Å². The fraction of sp³-hybridized carbons (Fsp3) is 0.440. The molecule has 2 fully saturated rings. The van der Waals surface area contributed by atoms with Crippen LogP contribution in [0.2, 0.25) is 0 Å². The average Bonchev–Trinajstić information content (AvgIpc) is 3.41. The number of aromatic nitrogens is 5. The molecule has 0 saturated heterocycles. The maximum absolute atomic E-state index is 13.1. The second kappa shape index (κ2) is 7.53. The molecule has 4 aromatic rings. The Morgan fingerprint density at radius 1 is 1.26 bits per heavy atom. The lowest BCUT2D eigenvalue weighted by atomic mass is 9.54. The van der Waals surface area contributed by atoms with Gasteiger partial charge in [0.15, 0.2) is 11.5 Å². The normalized spacial score (nSPS) is 26.6. The molecule has 0 bridgehead atoms. The molecular weight excluding hydrogens is 432 g/mol. The van der Waals surface area contributed by atoms with E-state index in [0.29, 0.717) is 34.2 Å². The van der Waals surface area contributed by atoms with Crippen molar-refractivity contribution in [2.75, 3.05) is 12.4 Å². The first-order valence-electron chi connectivity index (χ1n) is 11.7. The van der Waals surface area contributed by atoms with Crippen LogP contribution in [0.3, 0.4) is 0 Å². The Labute approximate surface area is 196 Å². The Hall–Kier alpha value is -3.46. The predicted octanol–water partition coefficient (Wildman–Crippen LogP) is 3.99. The van der Waals surface area contributed by atoms with Crippen molar-refractivity contribution in [3.05, 3.63) is 48.4 Å². The highest BCUT2D eigenvalue weighted by Crippen LogP contribution is 2.57. The third kappa shape index (κ3) is 3.51. The molecule has 0 atom stereocenters. The molecule has 1 spiro atoms. The Morgan fingerprint density at radius 3 is 2.79 bits per heavy atom. The molecule has 0 radical (unpaired) electrons. The van der Waals surface area contributed by atoms with Gasteiger partial charge in [-0.15, -0.1) is 0 Å². The number of hydrogen-bond acceptors (Lipinski definition) is 6. The molecule has 6 rings (SSSR count). The summed E-state index contributed by atoms with van der Waals surface area (Å²) < 4.78 is 9.16. The van der Waals surface area contributed by atoms with Gasteiger partial charge in [0.1, 0.15) is 5.75 Å². The number of benzene rings is 1. The van der Waals surface area contributed by atoms with Gasteiger partial charge in [-0.3, -0.25) is 9.48 Å². The summed E-state index contributed by atoms with van der Waals surface area (Å²) >= 11 is 0. The molecule has 2 saturated carbocycles. The lowest BCUT2D eigenvalue weighted by molar-refractivity contribution is -0.133. The van der Waals surface area contributed by atoms with E-state index >= 15 is 0 Å². The van der Waals surface area contributed by atoms with Crippen LogP contribution < -0.4 is 10.1 Å². The molecule has 34 heavy (non-hydrogen) atoms. The summed E-state index contributed by atoms with van der Waals surface area (Å²) in [5, 5.41) is 23.0. The van der Waals surface area contributed by atoms with Gasteiger partial charge in [0.05, 0.1) is 36.0 Å². The second-order valence-corrected chi connectivity index (χ2v) is 10.2. The van der Waals surface area contributed by atoms with Crippen LogP contribution in [-0.2, 0) is 0 Å². The lowest BCUT2D eigenvalue weighted by Crippen LogP contribution is -2.51. The van der Waals surface area contributed by atoms with Crippen molar-refractivity contribution in [1.82, 2.24) is 24.4 Å². The maximum Gasteiger partial charge on any atom is 0.260 e. The first-order chi connectivity index (χ1) is 16.3. The van der Waals surface area contributed by atoms with Crippen LogP contribution in [-0.4, -0.2) is 48.1 Å². The molecule has 0 unspecified atom stereocenters. The van der Waals surface area contributed by atoms with Gasteiger partial charge in [-0.05, 0) is 69.1 Å². The minimum Gasteiger partial charge on any atom is -0.496 e. The van der Waals surface area contributed by atoms with Crippen molar-refractivity contribution in [3.63, 3.8) is 0 Å². The Morgan fingerprint density at radius 2 is 2.06 bits per heavy atom. The number of imidazole rings is 1. The number of hydrogen-bond donors (Lipinski definition) is 2. The van der Waals surface area contributed by atoms with Crippen molar-refractivity contribution in [1.29, 1.82) is 0 Å². The number of methoxy groups -OCH3 is 1.